The standard InChI is InChI=1S/C22H21N3O3/c1-25-20-14-8-3-5-10-16(14)28-22(12-7-13-22)18(20)19(24-25)21(26)23-15-9-4-6-11-17(15)27-2/h3-6,8-11H,7,12-13H2,1-2H3,(H,23,26). The van der Waals surface area contributed by atoms with Gasteiger partial charge in [-0.2, -0.15) is 5.10 Å². The minimum absolute atomic E-state index is 0.254. The van der Waals surface area contributed by atoms with Crippen molar-refractivity contribution < 1.29 is 14.3 Å². The van der Waals surface area contributed by atoms with E-state index in [9.17, 15) is 4.79 Å². The summed E-state index contributed by atoms with van der Waals surface area (Å²) in [7, 11) is 3.47. The van der Waals surface area contributed by atoms with Crippen LogP contribution >= 0.6 is 0 Å². The first-order valence-corrected chi connectivity index (χ1v) is 9.43. The third-order valence-electron chi connectivity index (χ3n) is 5.68. The Morgan fingerprint density at radius 3 is 2.68 bits per heavy atom. The molecule has 1 N–H and O–H groups in total. The lowest BCUT2D eigenvalue weighted by Crippen LogP contribution is -2.43. The lowest BCUT2D eigenvalue weighted by atomic mass is 9.71. The van der Waals surface area contributed by atoms with E-state index in [-0.39, 0.29) is 5.91 Å². The molecule has 1 aromatic heterocycles. The highest BCUT2D eigenvalue weighted by Gasteiger charge is 2.50. The molecule has 2 heterocycles. The Bertz CT molecular complexity index is 1080. The van der Waals surface area contributed by atoms with E-state index in [1.807, 2.05) is 55.6 Å². The van der Waals surface area contributed by atoms with Crippen molar-refractivity contribution in [3.05, 3.63) is 59.8 Å². The second-order valence-electron chi connectivity index (χ2n) is 7.30. The van der Waals surface area contributed by atoms with Gasteiger partial charge in [0.05, 0.1) is 24.1 Å². The van der Waals surface area contributed by atoms with Gasteiger partial charge in [-0.05, 0) is 43.5 Å². The van der Waals surface area contributed by atoms with Crippen LogP contribution in [0.2, 0.25) is 0 Å². The van der Waals surface area contributed by atoms with Gasteiger partial charge in [0.2, 0.25) is 0 Å². The van der Waals surface area contributed by atoms with Gasteiger partial charge in [0.25, 0.3) is 5.91 Å². The van der Waals surface area contributed by atoms with Crippen LogP contribution in [0.25, 0.3) is 11.3 Å². The maximum absolute atomic E-state index is 13.2. The van der Waals surface area contributed by atoms with Crippen LogP contribution in [-0.4, -0.2) is 22.8 Å². The first-order chi connectivity index (χ1) is 13.6. The lowest BCUT2D eigenvalue weighted by Gasteiger charge is -2.45. The Hall–Kier alpha value is -3.28. The zero-order chi connectivity index (χ0) is 19.3. The van der Waals surface area contributed by atoms with E-state index < -0.39 is 5.60 Å². The van der Waals surface area contributed by atoms with Crippen LogP contribution in [-0.2, 0) is 12.6 Å². The van der Waals surface area contributed by atoms with Gasteiger partial charge in [-0.25, -0.2) is 0 Å². The molecule has 6 heteroatoms. The average molecular weight is 375 g/mol. The van der Waals surface area contributed by atoms with Crippen LogP contribution in [0.15, 0.2) is 48.5 Å². The molecule has 0 bridgehead atoms. The van der Waals surface area contributed by atoms with Gasteiger partial charge in [-0.15, -0.1) is 0 Å². The Morgan fingerprint density at radius 1 is 1.18 bits per heavy atom. The largest absolute Gasteiger partial charge is 0.495 e. The first kappa shape index (κ1) is 16.9. The van der Waals surface area contributed by atoms with Crippen molar-refractivity contribution in [3.63, 3.8) is 0 Å². The van der Waals surface area contributed by atoms with Gasteiger partial charge in [-0.3, -0.25) is 9.48 Å². The number of anilines is 1. The Labute approximate surface area is 163 Å². The number of ether oxygens (including phenoxy) is 2. The minimum atomic E-state index is -0.467. The quantitative estimate of drug-likeness (QED) is 0.748. The van der Waals surface area contributed by atoms with Crippen LogP contribution < -0.4 is 14.8 Å². The first-order valence-electron chi connectivity index (χ1n) is 9.43. The number of aryl methyl sites for hydroxylation is 1. The molecule has 1 aliphatic carbocycles. The van der Waals surface area contributed by atoms with E-state index in [1.54, 1.807) is 11.8 Å². The molecule has 2 aliphatic rings. The number of methoxy groups -OCH3 is 1. The number of hydrogen-bond donors (Lipinski definition) is 1. The summed E-state index contributed by atoms with van der Waals surface area (Å²) in [5.74, 6) is 1.21. The van der Waals surface area contributed by atoms with E-state index in [0.717, 1.165) is 41.8 Å². The molecule has 6 nitrogen and oxygen atoms in total. The molecule has 1 amide bonds. The normalized spacial score (nSPS) is 15.8. The summed E-state index contributed by atoms with van der Waals surface area (Å²) in [4.78, 5) is 13.2. The van der Waals surface area contributed by atoms with Gasteiger partial charge in [-0.1, -0.05) is 24.3 Å². The molecule has 142 valence electrons. The molecule has 2 aromatic carbocycles. The van der Waals surface area contributed by atoms with Crippen molar-refractivity contribution >= 4 is 11.6 Å². The number of nitrogens with one attached hydrogen (secondary N) is 1. The van der Waals surface area contributed by atoms with Gasteiger partial charge in [0.1, 0.15) is 17.1 Å². The smallest absolute Gasteiger partial charge is 0.276 e. The van der Waals surface area contributed by atoms with Gasteiger partial charge < -0.3 is 14.8 Å². The second kappa shape index (κ2) is 6.12. The maximum atomic E-state index is 13.2. The molecule has 0 saturated heterocycles. The Morgan fingerprint density at radius 2 is 1.93 bits per heavy atom. The molecule has 0 unspecified atom stereocenters. The highest BCUT2D eigenvalue weighted by Crippen LogP contribution is 2.54. The Kier molecular flexibility index (Phi) is 3.69. The molecule has 28 heavy (non-hydrogen) atoms. The number of nitrogens with zero attached hydrogens (tertiary/aromatic N) is 2. The zero-order valence-electron chi connectivity index (χ0n) is 15.9. The van der Waals surface area contributed by atoms with Gasteiger partial charge in [0.15, 0.2) is 5.69 Å². The number of carbonyl (C=O) groups excluding carboxylic acids is 1. The molecule has 0 radical (unpaired) electrons. The Balaban J connectivity index is 1.62. The van der Waals surface area contributed by atoms with E-state index in [2.05, 4.69) is 10.4 Å². The molecule has 1 spiro atoms. The third kappa shape index (κ3) is 2.34. The predicted molar refractivity (Wildman–Crippen MR) is 106 cm³/mol. The number of aromatic nitrogens is 2. The summed E-state index contributed by atoms with van der Waals surface area (Å²) in [6.45, 7) is 0. The second-order valence-corrected chi connectivity index (χ2v) is 7.30. The summed E-state index contributed by atoms with van der Waals surface area (Å²) >= 11 is 0. The number of amides is 1. The number of rotatable bonds is 3. The summed E-state index contributed by atoms with van der Waals surface area (Å²) in [6.07, 6.45) is 2.84. The SMILES string of the molecule is COc1ccccc1NC(=O)c1nn(C)c2c1C1(CCC1)Oc1ccccc1-2. The summed E-state index contributed by atoms with van der Waals surface area (Å²) < 4.78 is 13.6. The molecule has 1 fully saturated rings. The van der Waals surface area contributed by atoms with Crippen molar-refractivity contribution in [2.24, 2.45) is 7.05 Å². The van der Waals surface area contributed by atoms with Gasteiger partial charge >= 0.3 is 0 Å². The molecule has 0 atom stereocenters. The van der Waals surface area contributed by atoms with Crippen LogP contribution in [0.3, 0.4) is 0 Å². The van der Waals surface area contributed by atoms with Crippen molar-refractivity contribution in [1.82, 2.24) is 9.78 Å². The number of carbonyl (C=O) groups is 1. The van der Waals surface area contributed by atoms with Crippen LogP contribution in [0.1, 0.15) is 35.3 Å². The van der Waals surface area contributed by atoms with Crippen molar-refractivity contribution in [2.45, 2.75) is 24.9 Å². The fraction of sp³-hybridized carbons (Fsp3) is 0.273. The van der Waals surface area contributed by atoms with Crippen LogP contribution in [0, 0.1) is 0 Å². The van der Waals surface area contributed by atoms with Crippen LogP contribution in [0.4, 0.5) is 5.69 Å². The topological polar surface area (TPSA) is 65.4 Å². The fourth-order valence-corrected chi connectivity index (χ4v) is 4.22. The third-order valence-corrected chi connectivity index (χ3v) is 5.68. The molecule has 1 saturated carbocycles. The zero-order valence-corrected chi connectivity index (χ0v) is 15.9. The molecular formula is C22H21N3O3. The lowest BCUT2D eigenvalue weighted by molar-refractivity contribution is -0.0150. The highest BCUT2D eigenvalue weighted by molar-refractivity contribution is 6.06. The molecule has 3 aromatic rings. The summed E-state index contributed by atoms with van der Waals surface area (Å²) in [6, 6.07) is 15.3. The van der Waals surface area contributed by atoms with E-state index in [0.29, 0.717) is 17.1 Å². The summed E-state index contributed by atoms with van der Waals surface area (Å²) in [5, 5.41) is 7.56. The van der Waals surface area contributed by atoms with Crippen molar-refractivity contribution in [1.29, 1.82) is 0 Å². The fourth-order valence-electron chi connectivity index (χ4n) is 4.22. The number of hydrogen-bond acceptors (Lipinski definition) is 4. The predicted octanol–water partition coefficient (Wildman–Crippen LogP) is 4.12. The molecule has 1 aliphatic heterocycles. The van der Waals surface area contributed by atoms with E-state index >= 15 is 0 Å². The number of fused-ring (bicyclic) bond motifs is 4. The molecular weight excluding hydrogens is 354 g/mol. The van der Waals surface area contributed by atoms with Crippen molar-refractivity contribution in [3.8, 4) is 22.8 Å². The van der Waals surface area contributed by atoms with E-state index in [1.165, 1.54) is 0 Å². The molecule has 5 rings (SSSR count). The maximum Gasteiger partial charge on any atom is 0.276 e. The number of benzene rings is 2. The minimum Gasteiger partial charge on any atom is -0.495 e. The number of para-hydroxylation sites is 3. The van der Waals surface area contributed by atoms with Crippen molar-refractivity contribution in [2.75, 3.05) is 12.4 Å². The summed E-state index contributed by atoms with van der Waals surface area (Å²) in [5.41, 5.74) is 3.40. The monoisotopic (exact) mass is 375 g/mol. The average Bonchev–Trinajstić information content (AvgIpc) is 3.04. The van der Waals surface area contributed by atoms with E-state index in [4.69, 9.17) is 9.47 Å². The highest BCUT2D eigenvalue weighted by atomic mass is 16.5. The van der Waals surface area contributed by atoms with Gasteiger partial charge in [0, 0.05) is 12.6 Å². The van der Waals surface area contributed by atoms with Crippen LogP contribution in [0.5, 0.6) is 11.5 Å².